The van der Waals surface area contributed by atoms with Gasteiger partial charge in [-0.2, -0.15) is 0 Å². The van der Waals surface area contributed by atoms with Crippen LogP contribution in [0.25, 0.3) is 0 Å². The zero-order valence-corrected chi connectivity index (χ0v) is 14.1. The molecule has 1 rings (SSSR count). The summed E-state index contributed by atoms with van der Waals surface area (Å²) >= 11 is 0. The van der Waals surface area contributed by atoms with Crippen LogP contribution in [0.3, 0.4) is 0 Å². The van der Waals surface area contributed by atoms with E-state index in [2.05, 4.69) is 10.6 Å². The molecule has 24 heavy (non-hydrogen) atoms. The van der Waals surface area contributed by atoms with Crippen LogP contribution in [0, 0.1) is 0 Å². The Morgan fingerprint density at radius 3 is 2.25 bits per heavy atom. The highest BCUT2D eigenvalue weighted by molar-refractivity contribution is 6.03. The molecule has 2 amide bonds. The number of amides is 2. The highest BCUT2D eigenvalue weighted by Crippen LogP contribution is 2.05. The van der Waals surface area contributed by atoms with Gasteiger partial charge >= 0.3 is 5.97 Å². The van der Waals surface area contributed by atoms with Crippen LogP contribution >= 0.6 is 0 Å². The average Bonchev–Trinajstić information content (AvgIpc) is 2.55. The Kier molecular flexibility index (Phi) is 8.25. The second kappa shape index (κ2) is 10.2. The molecule has 0 saturated carbocycles. The number of nitrogens with one attached hydrogen (secondary N) is 2. The summed E-state index contributed by atoms with van der Waals surface area (Å²) in [5, 5.41) is 14.0. The van der Waals surface area contributed by atoms with E-state index in [1.54, 1.807) is 38.1 Å². The van der Waals surface area contributed by atoms with E-state index in [0.29, 0.717) is 30.5 Å². The van der Waals surface area contributed by atoms with E-state index < -0.39 is 5.97 Å². The van der Waals surface area contributed by atoms with Crippen LogP contribution in [0.15, 0.2) is 41.6 Å². The van der Waals surface area contributed by atoms with Gasteiger partial charge in [0.2, 0.25) is 0 Å². The molecule has 0 aromatic heterocycles. The minimum atomic E-state index is -0.811. The van der Waals surface area contributed by atoms with Crippen molar-refractivity contribution in [2.45, 2.75) is 39.5 Å². The molecule has 1 aromatic rings. The Morgan fingerprint density at radius 1 is 1.00 bits per heavy atom. The molecule has 1 aromatic carbocycles. The summed E-state index contributed by atoms with van der Waals surface area (Å²) in [5.41, 5.74) is 1.44. The number of unbranched alkanes of at least 4 members (excludes halogenated alkanes) is 2. The minimum Gasteiger partial charge on any atom is -0.481 e. The Labute approximate surface area is 141 Å². The lowest BCUT2D eigenvalue weighted by Gasteiger charge is -2.12. The van der Waals surface area contributed by atoms with E-state index in [-0.39, 0.29) is 23.9 Å². The van der Waals surface area contributed by atoms with E-state index in [4.69, 9.17) is 5.11 Å². The van der Waals surface area contributed by atoms with Crippen LogP contribution in [0.5, 0.6) is 0 Å². The zero-order chi connectivity index (χ0) is 17.9. The van der Waals surface area contributed by atoms with Gasteiger partial charge in [-0.15, -0.1) is 0 Å². The van der Waals surface area contributed by atoms with Gasteiger partial charge in [0.25, 0.3) is 11.8 Å². The van der Waals surface area contributed by atoms with Crippen molar-refractivity contribution in [1.82, 2.24) is 10.6 Å². The molecule has 0 aliphatic carbocycles. The third-order valence-electron chi connectivity index (χ3n) is 3.35. The molecule has 0 aliphatic heterocycles. The van der Waals surface area contributed by atoms with Crippen molar-refractivity contribution in [3.05, 3.63) is 47.2 Å². The number of carbonyl (C=O) groups excluding carboxylic acids is 2. The molecule has 0 aliphatic rings. The number of carboxylic acids is 1. The van der Waals surface area contributed by atoms with Gasteiger partial charge in [0.1, 0.15) is 5.70 Å². The Hall–Kier alpha value is -2.63. The summed E-state index contributed by atoms with van der Waals surface area (Å²) in [5.74, 6) is -1.48. The van der Waals surface area contributed by atoms with E-state index in [9.17, 15) is 14.4 Å². The van der Waals surface area contributed by atoms with Gasteiger partial charge in [0.15, 0.2) is 0 Å². The number of benzene rings is 1. The topological polar surface area (TPSA) is 95.5 Å². The molecule has 0 saturated heterocycles. The van der Waals surface area contributed by atoms with E-state index in [0.717, 1.165) is 6.42 Å². The van der Waals surface area contributed by atoms with Crippen molar-refractivity contribution in [3.63, 3.8) is 0 Å². The SMILES string of the molecule is CC(C)=C(NC(=O)c1ccccc1)C(=O)NCCCCCC(=O)O. The van der Waals surface area contributed by atoms with Gasteiger partial charge in [0, 0.05) is 18.5 Å². The zero-order valence-electron chi connectivity index (χ0n) is 14.1. The highest BCUT2D eigenvalue weighted by Gasteiger charge is 2.15. The lowest BCUT2D eigenvalue weighted by molar-refractivity contribution is -0.137. The largest absolute Gasteiger partial charge is 0.481 e. The molecule has 6 heteroatoms. The molecule has 0 bridgehead atoms. The molecule has 3 N–H and O–H groups in total. The molecule has 130 valence electrons. The van der Waals surface area contributed by atoms with Gasteiger partial charge in [0.05, 0.1) is 0 Å². The van der Waals surface area contributed by atoms with Gasteiger partial charge in [-0.05, 0) is 44.4 Å². The lowest BCUT2D eigenvalue weighted by atomic mass is 10.1. The molecule has 0 atom stereocenters. The van der Waals surface area contributed by atoms with Crippen LogP contribution in [0.1, 0.15) is 49.9 Å². The fourth-order valence-corrected chi connectivity index (χ4v) is 2.05. The number of carbonyl (C=O) groups is 3. The van der Waals surface area contributed by atoms with Crippen molar-refractivity contribution in [1.29, 1.82) is 0 Å². The summed E-state index contributed by atoms with van der Waals surface area (Å²) < 4.78 is 0. The molecule has 0 radical (unpaired) electrons. The number of allylic oxidation sites excluding steroid dienone is 1. The Balaban J connectivity index is 2.48. The van der Waals surface area contributed by atoms with Crippen LogP contribution in [0.4, 0.5) is 0 Å². The number of carboxylic acid groups (broad SMARTS) is 1. The molecule has 0 unspecified atom stereocenters. The third-order valence-corrected chi connectivity index (χ3v) is 3.35. The monoisotopic (exact) mass is 332 g/mol. The lowest BCUT2D eigenvalue weighted by Crippen LogP contribution is -2.36. The van der Waals surface area contributed by atoms with Gasteiger partial charge < -0.3 is 15.7 Å². The smallest absolute Gasteiger partial charge is 0.303 e. The van der Waals surface area contributed by atoms with E-state index in [1.807, 2.05) is 6.07 Å². The molecule has 6 nitrogen and oxygen atoms in total. The minimum absolute atomic E-state index is 0.139. The normalized spacial score (nSPS) is 9.92. The van der Waals surface area contributed by atoms with Crippen molar-refractivity contribution in [2.75, 3.05) is 6.54 Å². The molecule has 0 spiro atoms. The van der Waals surface area contributed by atoms with Crippen LogP contribution < -0.4 is 10.6 Å². The average molecular weight is 332 g/mol. The van der Waals surface area contributed by atoms with E-state index >= 15 is 0 Å². The Bertz CT molecular complexity index is 605. The van der Waals surface area contributed by atoms with Gasteiger partial charge in [-0.1, -0.05) is 24.6 Å². The molecular formula is C18H24N2O4. The first-order valence-corrected chi connectivity index (χ1v) is 7.95. The summed E-state index contributed by atoms with van der Waals surface area (Å²) in [7, 11) is 0. The third kappa shape index (κ3) is 7.09. The van der Waals surface area contributed by atoms with Crippen molar-refractivity contribution in [2.24, 2.45) is 0 Å². The van der Waals surface area contributed by atoms with Crippen LogP contribution in [-0.2, 0) is 9.59 Å². The van der Waals surface area contributed by atoms with Gasteiger partial charge in [-0.3, -0.25) is 14.4 Å². The predicted octanol–water partition coefficient (Wildman–Crippen LogP) is 2.47. The fraction of sp³-hybridized carbons (Fsp3) is 0.389. The van der Waals surface area contributed by atoms with Crippen molar-refractivity contribution < 1.29 is 19.5 Å². The maximum atomic E-state index is 12.2. The number of hydrogen-bond donors (Lipinski definition) is 3. The second-order valence-electron chi connectivity index (χ2n) is 5.66. The standard InChI is InChI=1S/C18H24N2O4/c1-13(2)16(20-17(23)14-9-5-3-6-10-14)18(24)19-12-8-4-7-11-15(21)22/h3,5-6,9-10H,4,7-8,11-12H2,1-2H3,(H,19,24)(H,20,23)(H,21,22). The van der Waals surface area contributed by atoms with Crippen LogP contribution in [-0.4, -0.2) is 29.4 Å². The first-order valence-electron chi connectivity index (χ1n) is 7.95. The first-order chi connectivity index (χ1) is 11.4. The highest BCUT2D eigenvalue weighted by atomic mass is 16.4. The van der Waals surface area contributed by atoms with Gasteiger partial charge in [-0.25, -0.2) is 0 Å². The summed E-state index contributed by atoms with van der Waals surface area (Å²) in [6, 6.07) is 8.69. The Morgan fingerprint density at radius 2 is 1.67 bits per heavy atom. The van der Waals surface area contributed by atoms with Crippen molar-refractivity contribution >= 4 is 17.8 Å². The fourth-order valence-electron chi connectivity index (χ4n) is 2.05. The molecule has 0 heterocycles. The number of rotatable bonds is 9. The maximum Gasteiger partial charge on any atom is 0.303 e. The quantitative estimate of drug-likeness (QED) is 0.478. The number of hydrogen-bond acceptors (Lipinski definition) is 3. The summed E-state index contributed by atoms with van der Waals surface area (Å²) in [4.78, 5) is 34.8. The number of aliphatic carboxylic acids is 1. The second-order valence-corrected chi connectivity index (χ2v) is 5.66. The summed E-state index contributed by atoms with van der Waals surface area (Å²) in [6.45, 7) is 3.95. The maximum absolute atomic E-state index is 12.2. The predicted molar refractivity (Wildman–Crippen MR) is 91.4 cm³/mol. The van der Waals surface area contributed by atoms with Crippen LogP contribution in [0.2, 0.25) is 0 Å². The van der Waals surface area contributed by atoms with Crippen molar-refractivity contribution in [3.8, 4) is 0 Å². The van der Waals surface area contributed by atoms with E-state index in [1.165, 1.54) is 0 Å². The first kappa shape index (κ1) is 19.4. The molecule has 0 fully saturated rings. The molecular weight excluding hydrogens is 308 g/mol. The summed E-state index contributed by atoms with van der Waals surface area (Å²) in [6.07, 6.45) is 2.15.